The molecule has 21 heavy (non-hydrogen) atoms. The Hall–Kier alpha value is -1.42. The summed E-state index contributed by atoms with van der Waals surface area (Å²) >= 11 is 6.00. The van der Waals surface area contributed by atoms with E-state index in [1.165, 1.54) is 12.8 Å². The molecule has 1 fully saturated rings. The molecule has 0 saturated heterocycles. The van der Waals surface area contributed by atoms with E-state index in [9.17, 15) is 4.79 Å². The molecule has 1 aromatic carbocycles. The second-order valence-electron chi connectivity index (χ2n) is 5.50. The van der Waals surface area contributed by atoms with Crippen LogP contribution in [-0.2, 0) is 6.54 Å². The Morgan fingerprint density at radius 3 is 2.86 bits per heavy atom. The van der Waals surface area contributed by atoms with Crippen LogP contribution in [0.25, 0.3) is 0 Å². The second-order valence-corrected chi connectivity index (χ2v) is 5.94. The van der Waals surface area contributed by atoms with Gasteiger partial charge < -0.3 is 15.0 Å². The first-order valence-electron chi connectivity index (χ1n) is 7.49. The minimum atomic E-state index is -0.00854. The van der Waals surface area contributed by atoms with Gasteiger partial charge in [0.25, 0.3) is 0 Å². The van der Waals surface area contributed by atoms with Crippen molar-refractivity contribution in [3.05, 3.63) is 28.8 Å². The van der Waals surface area contributed by atoms with Crippen molar-refractivity contribution in [3.63, 3.8) is 0 Å². The molecule has 0 aliphatic heterocycles. The van der Waals surface area contributed by atoms with Gasteiger partial charge in [-0.25, -0.2) is 4.79 Å². The zero-order valence-corrected chi connectivity index (χ0v) is 13.4. The van der Waals surface area contributed by atoms with E-state index in [1.807, 2.05) is 17.0 Å². The molecule has 0 bridgehead atoms. The molecule has 0 radical (unpaired) electrons. The Morgan fingerprint density at radius 1 is 1.48 bits per heavy atom. The third-order valence-corrected chi connectivity index (χ3v) is 3.86. The van der Waals surface area contributed by atoms with Crippen LogP contribution < -0.4 is 10.1 Å². The molecule has 1 aliphatic carbocycles. The standard InChI is InChI=1S/C16H23ClN2O2/c1-3-8-19(11-12-4-5-12)16(20)18-10-13-9-14(17)6-7-15(13)21-2/h6-7,9,12H,3-5,8,10-11H2,1-2H3,(H,18,20). The fourth-order valence-corrected chi connectivity index (χ4v) is 2.52. The van der Waals surface area contributed by atoms with Crippen LogP contribution in [0.2, 0.25) is 5.02 Å². The first-order valence-corrected chi connectivity index (χ1v) is 7.87. The third kappa shape index (κ3) is 4.81. The van der Waals surface area contributed by atoms with E-state index >= 15 is 0 Å². The smallest absolute Gasteiger partial charge is 0.317 e. The van der Waals surface area contributed by atoms with E-state index in [1.54, 1.807) is 13.2 Å². The maximum Gasteiger partial charge on any atom is 0.317 e. The molecular formula is C16H23ClN2O2. The summed E-state index contributed by atoms with van der Waals surface area (Å²) < 4.78 is 5.29. The largest absolute Gasteiger partial charge is 0.496 e. The van der Waals surface area contributed by atoms with E-state index in [0.717, 1.165) is 30.8 Å². The lowest BCUT2D eigenvalue weighted by atomic mass is 10.2. The average Bonchev–Trinajstić information content (AvgIpc) is 3.28. The Kier molecular flexibility index (Phi) is 5.74. The number of hydrogen-bond acceptors (Lipinski definition) is 2. The predicted molar refractivity (Wildman–Crippen MR) is 84.8 cm³/mol. The fourth-order valence-electron chi connectivity index (χ4n) is 2.33. The van der Waals surface area contributed by atoms with E-state index in [2.05, 4.69) is 12.2 Å². The number of carbonyl (C=O) groups is 1. The second kappa shape index (κ2) is 7.55. The summed E-state index contributed by atoms with van der Waals surface area (Å²) in [7, 11) is 1.62. The molecule has 1 N–H and O–H groups in total. The number of methoxy groups -OCH3 is 1. The lowest BCUT2D eigenvalue weighted by Crippen LogP contribution is -2.41. The number of nitrogens with zero attached hydrogens (tertiary/aromatic N) is 1. The van der Waals surface area contributed by atoms with Crippen LogP contribution in [0.4, 0.5) is 4.79 Å². The van der Waals surface area contributed by atoms with E-state index in [4.69, 9.17) is 16.3 Å². The molecule has 0 atom stereocenters. The zero-order chi connectivity index (χ0) is 15.2. The van der Waals surface area contributed by atoms with Gasteiger partial charge in [0.15, 0.2) is 0 Å². The zero-order valence-electron chi connectivity index (χ0n) is 12.7. The van der Waals surface area contributed by atoms with Crippen LogP contribution in [-0.4, -0.2) is 31.1 Å². The highest BCUT2D eigenvalue weighted by atomic mass is 35.5. The van der Waals surface area contributed by atoms with Crippen molar-refractivity contribution in [1.82, 2.24) is 10.2 Å². The quantitative estimate of drug-likeness (QED) is 0.834. The van der Waals surface area contributed by atoms with Crippen molar-refractivity contribution in [2.24, 2.45) is 5.92 Å². The molecule has 0 spiro atoms. The van der Waals surface area contributed by atoms with Crippen LogP contribution in [0.3, 0.4) is 0 Å². The van der Waals surface area contributed by atoms with Gasteiger partial charge in [0.05, 0.1) is 7.11 Å². The number of benzene rings is 1. The summed E-state index contributed by atoms with van der Waals surface area (Å²) in [5.41, 5.74) is 0.890. The van der Waals surface area contributed by atoms with Crippen molar-refractivity contribution < 1.29 is 9.53 Å². The molecule has 1 aliphatic rings. The SMILES string of the molecule is CCCN(CC1CC1)C(=O)NCc1cc(Cl)ccc1OC. The Morgan fingerprint density at radius 2 is 2.24 bits per heavy atom. The summed E-state index contributed by atoms with van der Waals surface area (Å²) in [5, 5.41) is 3.61. The molecule has 0 unspecified atom stereocenters. The summed E-state index contributed by atoms with van der Waals surface area (Å²) in [4.78, 5) is 14.2. The van der Waals surface area contributed by atoms with Crippen LogP contribution in [0.1, 0.15) is 31.7 Å². The highest BCUT2D eigenvalue weighted by molar-refractivity contribution is 6.30. The van der Waals surface area contributed by atoms with Gasteiger partial charge in [-0.1, -0.05) is 18.5 Å². The van der Waals surface area contributed by atoms with Crippen molar-refractivity contribution in [1.29, 1.82) is 0 Å². The van der Waals surface area contributed by atoms with Gasteiger partial charge in [0.1, 0.15) is 5.75 Å². The lowest BCUT2D eigenvalue weighted by Gasteiger charge is -2.22. The van der Waals surface area contributed by atoms with Crippen molar-refractivity contribution in [3.8, 4) is 5.75 Å². The van der Waals surface area contributed by atoms with Crippen LogP contribution in [0, 0.1) is 5.92 Å². The van der Waals surface area contributed by atoms with Crippen LogP contribution in [0.5, 0.6) is 5.75 Å². The number of rotatable bonds is 7. The molecule has 2 amide bonds. The van der Waals surface area contributed by atoms with Crippen LogP contribution in [0.15, 0.2) is 18.2 Å². The summed E-state index contributed by atoms with van der Waals surface area (Å²) in [5.74, 6) is 1.44. The summed E-state index contributed by atoms with van der Waals surface area (Å²) in [6.45, 7) is 4.18. The molecule has 0 heterocycles. The van der Waals surface area contributed by atoms with E-state index in [-0.39, 0.29) is 6.03 Å². The summed E-state index contributed by atoms with van der Waals surface area (Å²) in [6.07, 6.45) is 3.46. The third-order valence-electron chi connectivity index (χ3n) is 3.63. The number of amides is 2. The molecule has 0 aromatic heterocycles. The molecule has 1 aromatic rings. The van der Waals surface area contributed by atoms with Gasteiger partial charge in [-0.15, -0.1) is 0 Å². The number of carbonyl (C=O) groups excluding carboxylic acids is 1. The number of urea groups is 1. The van der Waals surface area contributed by atoms with Gasteiger partial charge in [-0.2, -0.15) is 0 Å². The van der Waals surface area contributed by atoms with Crippen molar-refractivity contribution in [2.45, 2.75) is 32.7 Å². The molecular weight excluding hydrogens is 288 g/mol. The Labute approximate surface area is 131 Å². The topological polar surface area (TPSA) is 41.6 Å². The number of hydrogen-bond donors (Lipinski definition) is 1. The maximum absolute atomic E-state index is 12.3. The van der Waals surface area contributed by atoms with E-state index < -0.39 is 0 Å². The predicted octanol–water partition coefficient (Wildman–Crippen LogP) is 3.68. The molecule has 4 nitrogen and oxygen atoms in total. The van der Waals surface area contributed by atoms with E-state index in [0.29, 0.717) is 17.5 Å². The first-order chi connectivity index (χ1) is 10.1. The van der Waals surface area contributed by atoms with Crippen molar-refractivity contribution >= 4 is 17.6 Å². The Balaban J connectivity index is 1.93. The average molecular weight is 311 g/mol. The highest BCUT2D eigenvalue weighted by Gasteiger charge is 2.26. The molecule has 1 saturated carbocycles. The van der Waals surface area contributed by atoms with Crippen molar-refractivity contribution in [2.75, 3.05) is 20.2 Å². The molecule has 116 valence electrons. The van der Waals surface area contributed by atoms with Gasteiger partial charge in [0.2, 0.25) is 0 Å². The maximum atomic E-state index is 12.3. The number of halogens is 1. The Bertz CT molecular complexity index is 489. The van der Waals surface area contributed by atoms with Gasteiger partial charge >= 0.3 is 6.03 Å². The summed E-state index contributed by atoms with van der Waals surface area (Å²) in [6, 6.07) is 5.41. The lowest BCUT2D eigenvalue weighted by molar-refractivity contribution is 0.194. The van der Waals surface area contributed by atoms with Gasteiger partial charge in [0, 0.05) is 30.2 Å². The van der Waals surface area contributed by atoms with Gasteiger partial charge in [-0.3, -0.25) is 0 Å². The minimum Gasteiger partial charge on any atom is -0.496 e. The van der Waals surface area contributed by atoms with Gasteiger partial charge in [-0.05, 0) is 43.4 Å². The molecule has 2 rings (SSSR count). The number of nitrogens with one attached hydrogen (secondary N) is 1. The molecule has 5 heteroatoms. The monoisotopic (exact) mass is 310 g/mol. The normalized spacial score (nSPS) is 13.9. The number of ether oxygens (including phenoxy) is 1. The minimum absolute atomic E-state index is 0.00854. The first kappa shape index (κ1) is 16.0. The fraction of sp³-hybridized carbons (Fsp3) is 0.562. The highest BCUT2D eigenvalue weighted by Crippen LogP contribution is 2.29. The van der Waals surface area contributed by atoms with Crippen LogP contribution >= 0.6 is 11.6 Å².